The number of nitrogens with zero attached hydrogens (tertiary/aromatic N) is 4. The van der Waals surface area contributed by atoms with Gasteiger partial charge in [0.2, 0.25) is 17.6 Å². The number of ether oxygens (including phenoxy) is 1. The average Bonchev–Trinajstić information content (AvgIpc) is 3.23. The van der Waals surface area contributed by atoms with Gasteiger partial charge in [-0.1, -0.05) is 25.1 Å². The van der Waals surface area contributed by atoms with Crippen molar-refractivity contribution in [2.45, 2.75) is 58.4 Å². The zero-order valence-electron chi connectivity index (χ0n) is 19.7. The normalized spacial score (nSPS) is 21.2. The van der Waals surface area contributed by atoms with E-state index in [1.807, 2.05) is 30.3 Å². The number of carboxylic acid groups (broad SMARTS) is 1. The number of aromatic nitrogens is 2. The van der Waals surface area contributed by atoms with Crippen molar-refractivity contribution in [3.05, 3.63) is 36.5 Å². The molecular weight excluding hydrogens is 436 g/mol. The fourth-order valence-corrected chi connectivity index (χ4v) is 4.99. The van der Waals surface area contributed by atoms with Crippen LogP contribution in [0.1, 0.15) is 52.4 Å². The van der Waals surface area contributed by atoms with Gasteiger partial charge in [0.05, 0.1) is 11.9 Å². The Morgan fingerprint density at radius 3 is 2.26 bits per heavy atom. The van der Waals surface area contributed by atoms with Gasteiger partial charge < -0.3 is 14.7 Å². The highest BCUT2D eigenvalue weighted by Crippen LogP contribution is 2.37. The smallest absolute Gasteiger partial charge is 0.449 e. The van der Waals surface area contributed by atoms with Crippen molar-refractivity contribution in [2.24, 2.45) is 11.8 Å². The summed E-state index contributed by atoms with van der Waals surface area (Å²) < 4.78 is 6.65. The molecule has 1 aromatic carbocycles. The number of para-hydroxylation sites is 1. The molecule has 0 atom stereocenters. The van der Waals surface area contributed by atoms with Crippen LogP contribution in [0.5, 0.6) is 5.75 Å². The molecule has 0 unspecified atom stereocenters. The summed E-state index contributed by atoms with van der Waals surface area (Å²) in [7, 11) is 0. The van der Waals surface area contributed by atoms with Crippen molar-refractivity contribution in [2.75, 3.05) is 18.0 Å². The first kappa shape index (κ1) is 23.8. The second-order valence-corrected chi connectivity index (χ2v) is 9.37. The Kier molecular flexibility index (Phi) is 7.19. The van der Waals surface area contributed by atoms with Crippen LogP contribution < -0.4 is 9.64 Å². The van der Waals surface area contributed by atoms with Crippen molar-refractivity contribution < 1.29 is 24.2 Å². The predicted molar refractivity (Wildman–Crippen MR) is 126 cm³/mol. The highest BCUT2D eigenvalue weighted by Gasteiger charge is 2.38. The minimum Gasteiger partial charge on any atom is -0.449 e. The van der Waals surface area contributed by atoms with E-state index in [1.165, 1.54) is 6.20 Å². The molecule has 1 saturated heterocycles. The molecule has 0 radical (unpaired) electrons. The molecule has 2 heterocycles. The Bertz CT molecular complexity index is 1020. The molecule has 0 spiro atoms. The fraction of sp³-hybridized carbons (Fsp3) is 0.520. The summed E-state index contributed by atoms with van der Waals surface area (Å²) in [6.45, 7) is 4.84. The molecule has 1 saturated carbocycles. The Balaban J connectivity index is 1.71. The number of amides is 2. The third-order valence-electron chi connectivity index (χ3n) is 6.99. The van der Waals surface area contributed by atoms with E-state index in [2.05, 4.69) is 12.0 Å². The molecule has 1 aliphatic heterocycles. The van der Waals surface area contributed by atoms with E-state index in [0.29, 0.717) is 31.8 Å². The molecule has 182 valence electrons. The summed E-state index contributed by atoms with van der Waals surface area (Å²) in [5.74, 6) is 0.683. The summed E-state index contributed by atoms with van der Waals surface area (Å²) >= 11 is 0. The van der Waals surface area contributed by atoms with Crippen LogP contribution in [-0.4, -0.2) is 56.9 Å². The van der Waals surface area contributed by atoms with Gasteiger partial charge in [-0.25, -0.2) is 9.48 Å². The molecule has 2 aliphatic rings. The van der Waals surface area contributed by atoms with Crippen molar-refractivity contribution in [1.82, 2.24) is 14.7 Å². The van der Waals surface area contributed by atoms with Crippen molar-refractivity contribution in [3.63, 3.8) is 0 Å². The minimum absolute atomic E-state index is 0.0147. The first-order chi connectivity index (χ1) is 16.3. The molecule has 0 bridgehead atoms. The van der Waals surface area contributed by atoms with Crippen molar-refractivity contribution in [3.8, 4) is 11.4 Å². The molecule has 34 heavy (non-hydrogen) atoms. The summed E-state index contributed by atoms with van der Waals surface area (Å²) in [4.78, 5) is 40.7. The molecule has 1 N–H and O–H groups in total. The van der Waals surface area contributed by atoms with Crippen LogP contribution >= 0.6 is 0 Å². The van der Waals surface area contributed by atoms with E-state index in [1.54, 1.807) is 21.4 Å². The van der Waals surface area contributed by atoms with Gasteiger partial charge in [-0.15, -0.1) is 5.10 Å². The van der Waals surface area contributed by atoms with Crippen LogP contribution in [0.25, 0.3) is 5.69 Å². The number of hydrogen-bond donors (Lipinski definition) is 1. The van der Waals surface area contributed by atoms with Crippen LogP contribution in [0.15, 0.2) is 36.5 Å². The zero-order chi connectivity index (χ0) is 24.2. The van der Waals surface area contributed by atoms with Crippen molar-refractivity contribution >= 4 is 23.8 Å². The van der Waals surface area contributed by atoms with Crippen LogP contribution in [0.2, 0.25) is 0 Å². The van der Waals surface area contributed by atoms with E-state index < -0.39 is 6.16 Å². The molecule has 9 heteroatoms. The van der Waals surface area contributed by atoms with E-state index in [-0.39, 0.29) is 35.3 Å². The van der Waals surface area contributed by atoms with Gasteiger partial charge in [-0.05, 0) is 56.6 Å². The Hall–Kier alpha value is -3.36. The van der Waals surface area contributed by atoms with E-state index in [4.69, 9.17) is 4.74 Å². The van der Waals surface area contributed by atoms with Gasteiger partial charge in [0, 0.05) is 32.0 Å². The Morgan fingerprint density at radius 2 is 1.68 bits per heavy atom. The second kappa shape index (κ2) is 10.3. The van der Waals surface area contributed by atoms with Crippen LogP contribution in [0, 0.1) is 11.8 Å². The topological polar surface area (TPSA) is 105 Å². The van der Waals surface area contributed by atoms with Crippen LogP contribution in [-0.2, 0) is 9.59 Å². The molecule has 1 aromatic heterocycles. The fourth-order valence-electron chi connectivity index (χ4n) is 4.99. The van der Waals surface area contributed by atoms with Crippen LogP contribution in [0.3, 0.4) is 0 Å². The maximum Gasteiger partial charge on any atom is 0.511 e. The number of likely N-dealkylation sites (tertiary alicyclic amines) is 1. The maximum atomic E-state index is 13.9. The average molecular weight is 469 g/mol. The predicted octanol–water partition coefficient (Wildman–Crippen LogP) is 4.10. The van der Waals surface area contributed by atoms with Gasteiger partial charge in [-0.2, -0.15) is 0 Å². The van der Waals surface area contributed by atoms with E-state index in [9.17, 15) is 19.5 Å². The van der Waals surface area contributed by atoms with E-state index >= 15 is 0 Å². The molecule has 2 fully saturated rings. The molecular formula is C25H32N4O5. The molecule has 1 aliphatic carbocycles. The molecule has 9 nitrogen and oxygen atoms in total. The number of carbonyl (C=O) groups is 3. The lowest BCUT2D eigenvalue weighted by atomic mass is 9.82. The van der Waals surface area contributed by atoms with Gasteiger partial charge in [0.1, 0.15) is 0 Å². The van der Waals surface area contributed by atoms with Gasteiger partial charge in [0.15, 0.2) is 5.75 Å². The molecule has 2 aromatic rings. The number of benzene rings is 1. The van der Waals surface area contributed by atoms with Gasteiger partial charge in [-0.3, -0.25) is 14.5 Å². The number of carbonyl (C=O) groups excluding carboxylic acids is 2. The zero-order valence-corrected chi connectivity index (χ0v) is 19.7. The second-order valence-electron chi connectivity index (χ2n) is 9.37. The first-order valence-electron chi connectivity index (χ1n) is 12.0. The third kappa shape index (κ3) is 5.24. The summed E-state index contributed by atoms with van der Waals surface area (Å²) in [5.41, 5.74) is 0.731. The lowest BCUT2D eigenvalue weighted by Gasteiger charge is -2.39. The summed E-state index contributed by atoms with van der Waals surface area (Å²) in [5, 5.41) is 14.0. The number of piperidine rings is 1. The largest absolute Gasteiger partial charge is 0.511 e. The third-order valence-corrected chi connectivity index (χ3v) is 6.99. The first-order valence-corrected chi connectivity index (χ1v) is 12.0. The Labute approximate surface area is 199 Å². The van der Waals surface area contributed by atoms with Crippen molar-refractivity contribution in [1.29, 1.82) is 0 Å². The monoisotopic (exact) mass is 468 g/mol. The summed E-state index contributed by atoms with van der Waals surface area (Å²) in [6, 6.07) is 9.10. The quantitative estimate of drug-likeness (QED) is 0.663. The lowest BCUT2D eigenvalue weighted by Crippen LogP contribution is -2.51. The number of rotatable bonds is 5. The molecule has 4 rings (SSSR count). The summed E-state index contributed by atoms with van der Waals surface area (Å²) in [6.07, 6.45) is 4.83. The Morgan fingerprint density at radius 1 is 1.03 bits per heavy atom. The highest BCUT2D eigenvalue weighted by molar-refractivity contribution is 5.96. The van der Waals surface area contributed by atoms with Gasteiger partial charge >= 0.3 is 6.16 Å². The standard InChI is InChI=1S/C25H32N4O5/c1-17-8-10-19(11-9-17)24(31)29(21-12-14-27(15-13-21)18(2)30)23-22(34-25(32)33)16-28(26-23)20-6-4-3-5-7-20/h3-7,16-17,19,21H,8-15H2,1-2H3,(H,32,33). The van der Waals surface area contributed by atoms with E-state index in [0.717, 1.165) is 31.4 Å². The van der Waals surface area contributed by atoms with Gasteiger partial charge in [0.25, 0.3) is 0 Å². The minimum atomic E-state index is -1.46. The number of hydrogen-bond acceptors (Lipinski definition) is 5. The van der Waals surface area contributed by atoms with Crippen LogP contribution in [0.4, 0.5) is 10.6 Å². The maximum absolute atomic E-state index is 13.9. The SMILES string of the molecule is CC(=O)N1CCC(N(C(=O)C2CCC(C)CC2)c2nn(-c3ccccc3)cc2OC(=O)O)CC1. The number of anilines is 1. The molecule has 2 amide bonds. The highest BCUT2D eigenvalue weighted by atomic mass is 16.7. The lowest BCUT2D eigenvalue weighted by molar-refractivity contribution is -0.130.